The first-order valence-electron chi connectivity index (χ1n) is 10.1. The highest BCUT2D eigenvalue weighted by atomic mass is 16.5. The fraction of sp³-hybridized carbons (Fsp3) is 0.565. The van der Waals surface area contributed by atoms with Crippen molar-refractivity contribution in [3.63, 3.8) is 0 Å². The van der Waals surface area contributed by atoms with E-state index in [0.29, 0.717) is 0 Å². The Morgan fingerprint density at radius 2 is 2.00 bits per heavy atom. The van der Waals surface area contributed by atoms with Gasteiger partial charge in [-0.2, -0.15) is 5.26 Å². The number of esters is 1. The largest absolute Gasteiger partial charge is 0.462 e. The molecule has 0 bridgehead atoms. The zero-order chi connectivity index (χ0) is 19.9. The summed E-state index contributed by atoms with van der Waals surface area (Å²) in [5.74, 6) is -0.561. The Kier molecular flexibility index (Phi) is 7.47. The lowest BCUT2D eigenvalue weighted by Crippen LogP contribution is -2.41. The van der Waals surface area contributed by atoms with Crippen molar-refractivity contribution in [1.29, 1.82) is 5.26 Å². The molecule has 27 heavy (non-hydrogen) atoms. The minimum absolute atomic E-state index is 0.0434. The predicted molar refractivity (Wildman–Crippen MR) is 111 cm³/mol. The van der Waals surface area contributed by atoms with Gasteiger partial charge in [0.25, 0.3) is 0 Å². The van der Waals surface area contributed by atoms with E-state index < -0.39 is 5.97 Å². The highest BCUT2D eigenvalue weighted by molar-refractivity contribution is 5.98. The summed E-state index contributed by atoms with van der Waals surface area (Å²) in [6, 6.07) is 8.16. The molecule has 0 saturated heterocycles. The first kappa shape index (κ1) is 21.0. The van der Waals surface area contributed by atoms with Gasteiger partial charge in [0.1, 0.15) is 11.6 Å². The van der Waals surface area contributed by atoms with E-state index in [2.05, 4.69) is 37.8 Å². The first-order chi connectivity index (χ1) is 12.9. The Morgan fingerprint density at radius 3 is 2.67 bits per heavy atom. The number of unbranched alkanes of at least 4 members (excludes halogenated alkanes) is 4. The number of hydrogen-bond acceptors (Lipinski definition) is 4. The van der Waals surface area contributed by atoms with Crippen molar-refractivity contribution in [3.05, 3.63) is 34.9 Å². The molecule has 4 nitrogen and oxygen atoms in total. The molecule has 0 aliphatic carbocycles. The van der Waals surface area contributed by atoms with Gasteiger partial charge in [0, 0.05) is 17.8 Å². The molecule has 146 valence electrons. The number of benzene rings is 1. The van der Waals surface area contributed by atoms with Gasteiger partial charge in [0.05, 0.1) is 6.61 Å². The lowest BCUT2D eigenvalue weighted by atomic mass is 9.98. The normalized spacial score (nSPS) is 15.4. The van der Waals surface area contributed by atoms with Crippen LogP contribution < -0.4 is 4.90 Å². The average Bonchev–Trinajstić information content (AvgIpc) is 2.88. The van der Waals surface area contributed by atoms with Crippen LogP contribution in [-0.2, 0) is 16.0 Å². The van der Waals surface area contributed by atoms with E-state index in [-0.39, 0.29) is 17.7 Å². The zero-order valence-electron chi connectivity index (χ0n) is 17.2. The van der Waals surface area contributed by atoms with Crippen molar-refractivity contribution in [2.24, 2.45) is 0 Å². The molecule has 0 radical (unpaired) electrons. The van der Waals surface area contributed by atoms with Crippen molar-refractivity contribution < 1.29 is 9.53 Å². The molecule has 0 aromatic heterocycles. The quantitative estimate of drug-likeness (QED) is 0.258. The van der Waals surface area contributed by atoms with Gasteiger partial charge >= 0.3 is 5.97 Å². The Bertz CT molecular complexity index is 728. The molecule has 0 atom stereocenters. The maximum Gasteiger partial charge on any atom is 0.348 e. The number of carbonyl (C=O) groups is 1. The summed E-state index contributed by atoms with van der Waals surface area (Å²) in [6.45, 7) is 9.89. The molecule has 1 aromatic rings. The maximum absolute atomic E-state index is 11.8. The van der Waals surface area contributed by atoms with Crippen LogP contribution in [0.3, 0.4) is 0 Å². The summed E-state index contributed by atoms with van der Waals surface area (Å²) in [5, 5.41) is 9.23. The van der Waals surface area contributed by atoms with Crippen LogP contribution in [0.25, 0.3) is 6.08 Å². The highest BCUT2D eigenvalue weighted by Crippen LogP contribution is 2.39. The molecule has 0 amide bonds. The number of nitrogens with zero attached hydrogens (tertiary/aromatic N) is 2. The van der Waals surface area contributed by atoms with Crippen molar-refractivity contribution in [3.8, 4) is 6.07 Å². The van der Waals surface area contributed by atoms with Gasteiger partial charge in [-0.15, -0.1) is 0 Å². The predicted octanol–water partition coefficient (Wildman–Crippen LogP) is 5.27. The molecule has 0 fully saturated rings. The van der Waals surface area contributed by atoms with Crippen LogP contribution in [0.4, 0.5) is 5.69 Å². The molecule has 1 aliphatic rings. The number of fused-ring (bicyclic) bond motifs is 1. The van der Waals surface area contributed by atoms with E-state index in [1.54, 1.807) is 13.0 Å². The topological polar surface area (TPSA) is 53.3 Å². The van der Waals surface area contributed by atoms with Crippen molar-refractivity contribution >= 4 is 17.7 Å². The van der Waals surface area contributed by atoms with Gasteiger partial charge < -0.3 is 9.64 Å². The van der Waals surface area contributed by atoms with Crippen LogP contribution in [-0.4, -0.2) is 24.7 Å². The third-order valence-corrected chi connectivity index (χ3v) is 5.16. The third kappa shape index (κ3) is 5.35. The fourth-order valence-corrected chi connectivity index (χ4v) is 3.80. The van der Waals surface area contributed by atoms with Gasteiger partial charge in [-0.25, -0.2) is 4.79 Å². The smallest absolute Gasteiger partial charge is 0.348 e. The monoisotopic (exact) mass is 368 g/mol. The van der Waals surface area contributed by atoms with E-state index in [1.807, 2.05) is 12.1 Å². The van der Waals surface area contributed by atoms with Crippen molar-refractivity contribution in [2.75, 3.05) is 18.1 Å². The molecular weight excluding hydrogens is 336 g/mol. The fourth-order valence-electron chi connectivity index (χ4n) is 3.80. The highest BCUT2D eigenvalue weighted by Gasteiger charge is 2.35. The molecule has 0 unspecified atom stereocenters. The molecule has 1 aromatic carbocycles. The van der Waals surface area contributed by atoms with Crippen LogP contribution in [0, 0.1) is 11.3 Å². The van der Waals surface area contributed by atoms with Gasteiger partial charge in [0.15, 0.2) is 0 Å². The van der Waals surface area contributed by atoms with Crippen LogP contribution in [0.2, 0.25) is 0 Å². The zero-order valence-corrected chi connectivity index (χ0v) is 17.2. The minimum atomic E-state index is -0.561. The number of nitriles is 1. The second kappa shape index (κ2) is 9.60. The lowest BCUT2D eigenvalue weighted by molar-refractivity contribution is -0.137. The number of hydrogen-bond donors (Lipinski definition) is 0. The van der Waals surface area contributed by atoms with Crippen LogP contribution in [0.5, 0.6) is 0 Å². The molecule has 4 heteroatoms. The van der Waals surface area contributed by atoms with E-state index in [1.165, 1.54) is 43.4 Å². The van der Waals surface area contributed by atoms with Gasteiger partial charge in [-0.3, -0.25) is 0 Å². The van der Waals surface area contributed by atoms with E-state index in [0.717, 1.165) is 18.5 Å². The molecule has 0 spiro atoms. The maximum atomic E-state index is 11.8. The Labute approximate surface area is 163 Å². The molecule has 1 aliphatic heterocycles. The number of carbonyl (C=O) groups excluding carboxylic acids is 1. The Balaban J connectivity index is 2.15. The lowest BCUT2D eigenvalue weighted by Gasteiger charge is -2.34. The molecule has 0 N–H and O–H groups in total. The van der Waals surface area contributed by atoms with E-state index >= 15 is 0 Å². The first-order valence-corrected chi connectivity index (χ1v) is 10.1. The van der Waals surface area contributed by atoms with Gasteiger partial charge in [-0.05, 0) is 62.9 Å². The van der Waals surface area contributed by atoms with Crippen LogP contribution >= 0.6 is 0 Å². The summed E-state index contributed by atoms with van der Waals surface area (Å²) in [7, 11) is 0. The summed E-state index contributed by atoms with van der Waals surface area (Å²) >= 11 is 0. The SMILES string of the molecule is CCCCCCCN1c2ccc(C=C(C#N)C(=O)OCC)cc2CC1(C)C. The number of rotatable bonds is 9. The molecule has 1 heterocycles. The standard InChI is InChI=1S/C23H32N2O2/c1-5-7-8-9-10-13-25-21-12-11-18(14-19(21)16-23(25,3)4)15-20(17-24)22(26)27-6-2/h11-12,14-15H,5-10,13,16H2,1-4H3. The molecular formula is C23H32N2O2. The van der Waals surface area contributed by atoms with Crippen LogP contribution in [0.1, 0.15) is 70.9 Å². The Hall–Kier alpha value is -2.28. The third-order valence-electron chi connectivity index (χ3n) is 5.16. The van der Waals surface area contributed by atoms with Gasteiger partial charge in [0.2, 0.25) is 0 Å². The summed E-state index contributed by atoms with van der Waals surface area (Å²) in [5.41, 5.74) is 3.57. The van der Waals surface area contributed by atoms with E-state index in [9.17, 15) is 10.1 Å². The molecule has 2 rings (SSSR count). The average molecular weight is 369 g/mol. The molecule has 0 saturated carbocycles. The Morgan fingerprint density at radius 1 is 1.26 bits per heavy atom. The van der Waals surface area contributed by atoms with Crippen LogP contribution in [0.15, 0.2) is 23.8 Å². The van der Waals surface area contributed by atoms with Crippen molar-refractivity contribution in [1.82, 2.24) is 0 Å². The van der Waals surface area contributed by atoms with Gasteiger partial charge in [-0.1, -0.05) is 38.7 Å². The summed E-state index contributed by atoms with van der Waals surface area (Å²) < 4.78 is 4.94. The second-order valence-electron chi connectivity index (χ2n) is 7.83. The number of anilines is 1. The number of ether oxygens (including phenoxy) is 1. The van der Waals surface area contributed by atoms with Crippen molar-refractivity contribution in [2.45, 2.75) is 71.8 Å². The minimum Gasteiger partial charge on any atom is -0.462 e. The second-order valence-corrected chi connectivity index (χ2v) is 7.83. The summed E-state index contributed by atoms with van der Waals surface area (Å²) in [4.78, 5) is 14.4. The van der Waals surface area contributed by atoms with E-state index in [4.69, 9.17) is 4.74 Å². The summed E-state index contributed by atoms with van der Waals surface area (Å²) in [6.07, 6.45) is 8.99.